The lowest BCUT2D eigenvalue weighted by atomic mass is 10.1. The van der Waals surface area contributed by atoms with Crippen molar-refractivity contribution in [3.8, 4) is 11.3 Å². The van der Waals surface area contributed by atoms with E-state index in [9.17, 15) is 0 Å². The van der Waals surface area contributed by atoms with Crippen molar-refractivity contribution in [2.75, 3.05) is 5.75 Å². The van der Waals surface area contributed by atoms with Crippen LogP contribution < -0.4 is 0 Å². The Kier molecular flexibility index (Phi) is 3.69. The van der Waals surface area contributed by atoms with Crippen LogP contribution in [0, 0.1) is 6.92 Å². The molecule has 0 fully saturated rings. The molecule has 0 saturated carbocycles. The number of thioether (sulfide) groups is 1. The van der Waals surface area contributed by atoms with Crippen molar-refractivity contribution in [1.82, 2.24) is 19.8 Å². The molecule has 0 saturated heterocycles. The maximum atomic E-state index is 4.66. The van der Waals surface area contributed by atoms with Crippen LogP contribution in [0.2, 0.25) is 0 Å². The highest BCUT2D eigenvalue weighted by Gasteiger charge is 2.08. The van der Waals surface area contributed by atoms with Crippen molar-refractivity contribution in [2.45, 2.75) is 25.4 Å². The molecule has 0 atom stereocenters. The van der Waals surface area contributed by atoms with Crippen LogP contribution in [0.25, 0.3) is 16.9 Å². The second kappa shape index (κ2) is 5.63. The minimum atomic E-state index is 0.791. The van der Waals surface area contributed by atoms with E-state index in [-0.39, 0.29) is 0 Å². The monoisotopic (exact) mass is 284 g/mol. The average molecular weight is 284 g/mol. The van der Waals surface area contributed by atoms with Crippen LogP contribution in [-0.2, 0) is 0 Å². The zero-order valence-corrected chi connectivity index (χ0v) is 12.4. The van der Waals surface area contributed by atoms with Crippen molar-refractivity contribution in [2.24, 2.45) is 0 Å². The van der Waals surface area contributed by atoms with Gasteiger partial charge in [0.15, 0.2) is 5.65 Å². The summed E-state index contributed by atoms with van der Waals surface area (Å²) in [5.41, 5.74) is 4.09. The van der Waals surface area contributed by atoms with Gasteiger partial charge in [-0.15, -0.1) is 10.2 Å². The fourth-order valence-corrected chi connectivity index (χ4v) is 2.67. The molecule has 0 amide bonds. The number of fused-ring (bicyclic) bond motifs is 1. The Morgan fingerprint density at radius 2 is 1.85 bits per heavy atom. The molecule has 5 heteroatoms. The SMILES string of the molecule is CCCSc1nnc2ccc(-c3ccc(C)cc3)nn12. The standard InChI is InChI=1S/C15H16N4S/c1-3-10-20-15-17-16-14-9-8-13(18-19(14)15)12-6-4-11(2)5-7-12/h4-9H,3,10H2,1-2H3. The fourth-order valence-electron chi connectivity index (χ4n) is 1.93. The topological polar surface area (TPSA) is 43.1 Å². The lowest BCUT2D eigenvalue weighted by Gasteiger charge is -2.03. The third-order valence-corrected chi connectivity index (χ3v) is 4.14. The molecule has 2 aromatic heterocycles. The van der Waals surface area contributed by atoms with E-state index >= 15 is 0 Å². The van der Waals surface area contributed by atoms with Gasteiger partial charge in [-0.3, -0.25) is 0 Å². The number of aromatic nitrogens is 4. The summed E-state index contributed by atoms with van der Waals surface area (Å²) in [5, 5.41) is 13.9. The Bertz CT molecular complexity index is 718. The van der Waals surface area contributed by atoms with Crippen LogP contribution in [0.5, 0.6) is 0 Å². The summed E-state index contributed by atoms with van der Waals surface area (Å²) in [5.74, 6) is 1.03. The highest BCUT2D eigenvalue weighted by atomic mass is 32.2. The molecule has 2 heterocycles. The molecular formula is C15H16N4S. The van der Waals surface area contributed by atoms with Gasteiger partial charge in [0.05, 0.1) is 5.69 Å². The summed E-state index contributed by atoms with van der Waals surface area (Å²) in [6, 6.07) is 12.3. The zero-order chi connectivity index (χ0) is 13.9. The molecule has 3 rings (SSSR count). The maximum Gasteiger partial charge on any atom is 0.212 e. The van der Waals surface area contributed by atoms with Crippen LogP contribution in [-0.4, -0.2) is 25.6 Å². The Hall–Kier alpha value is -1.88. The van der Waals surface area contributed by atoms with Gasteiger partial charge < -0.3 is 0 Å². The van der Waals surface area contributed by atoms with E-state index in [1.165, 1.54) is 5.56 Å². The summed E-state index contributed by atoms with van der Waals surface area (Å²) >= 11 is 1.69. The maximum absolute atomic E-state index is 4.66. The average Bonchev–Trinajstić information content (AvgIpc) is 2.88. The van der Waals surface area contributed by atoms with Crippen LogP contribution in [0.3, 0.4) is 0 Å². The lowest BCUT2D eigenvalue weighted by molar-refractivity contribution is 0.812. The summed E-state index contributed by atoms with van der Waals surface area (Å²) in [6.45, 7) is 4.24. The molecule has 0 aliphatic carbocycles. The second-order valence-corrected chi connectivity index (χ2v) is 5.75. The van der Waals surface area contributed by atoms with Crippen molar-refractivity contribution in [3.63, 3.8) is 0 Å². The van der Waals surface area contributed by atoms with Gasteiger partial charge in [0.1, 0.15) is 0 Å². The highest BCUT2D eigenvalue weighted by Crippen LogP contribution is 2.21. The number of rotatable bonds is 4. The van der Waals surface area contributed by atoms with Gasteiger partial charge in [-0.05, 0) is 25.5 Å². The summed E-state index contributed by atoms with van der Waals surface area (Å²) < 4.78 is 1.83. The smallest absolute Gasteiger partial charge is 0.187 e. The van der Waals surface area contributed by atoms with Gasteiger partial charge >= 0.3 is 0 Å². The van der Waals surface area contributed by atoms with Crippen LogP contribution >= 0.6 is 11.8 Å². The molecule has 20 heavy (non-hydrogen) atoms. The first-order valence-corrected chi connectivity index (χ1v) is 7.69. The molecule has 0 unspecified atom stereocenters. The molecule has 0 radical (unpaired) electrons. The Balaban J connectivity index is 2.02. The van der Waals surface area contributed by atoms with E-state index in [4.69, 9.17) is 0 Å². The highest BCUT2D eigenvalue weighted by molar-refractivity contribution is 7.99. The molecule has 0 N–H and O–H groups in total. The number of hydrogen-bond donors (Lipinski definition) is 0. The lowest BCUT2D eigenvalue weighted by Crippen LogP contribution is -1.96. The van der Waals surface area contributed by atoms with Gasteiger partial charge in [0.25, 0.3) is 0 Å². The minimum absolute atomic E-state index is 0.791. The third-order valence-electron chi connectivity index (χ3n) is 3.02. The Morgan fingerprint density at radius 3 is 2.60 bits per heavy atom. The number of hydrogen-bond acceptors (Lipinski definition) is 4. The van der Waals surface area contributed by atoms with E-state index in [0.717, 1.165) is 34.2 Å². The van der Waals surface area contributed by atoms with Crippen molar-refractivity contribution in [3.05, 3.63) is 42.0 Å². The molecule has 0 bridgehead atoms. The zero-order valence-electron chi connectivity index (χ0n) is 11.6. The molecule has 0 spiro atoms. The molecule has 4 nitrogen and oxygen atoms in total. The van der Waals surface area contributed by atoms with E-state index in [1.807, 2.05) is 16.6 Å². The minimum Gasteiger partial charge on any atom is -0.187 e. The first-order valence-electron chi connectivity index (χ1n) is 6.70. The van der Waals surface area contributed by atoms with E-state index in [0.29, 0.717) is 0 Å². The van der Waals surface area contributed by atoms with Crippen molar-refractivity contribution >= 4 is 17.4 Å². The number of benzene rings is 1. The molecule has 3 aromatic rings. The third kappa shape index (κ3) is 2.54. The summed E-state index contributed by atoms with van der Waals surface area (Å²) in [7, 11) is 0. The van der Waals surface area contributed by atoms with Crippen molar-refractivity contribution < 1.29 is 0 Å². The van der Waals surface area contributed by atoms with Crippen LogP contribution in [0.4, 0.5) is 0 Å². The summed E-state index contributed by atoms with van der Waals surface area (Å²) in [4.78, 5) is 0. The fraction of sp³-hybridized carbons (Fsp3) is 0.267. The van der Waals surface area contributed by atoms with Gasteiger partial charge in [-0.25, -0.2) is 0 Å². The first kappa shape index (κ1) is 13.1. The van der Waals surface area contributed by atoms with Crippen LogP contribution in [0.15, 0.2) is 41.6 Å². The quantitative estimate of drug-likeness (QED) is 0.687. The van der Waals surface area contributed by atoms with Gasteiger partial charge in [0, 0.05) is 11.3 Å². The molecule has 102 valence electrons. The molecule has 0 aliphatic heterocycles. The summed E-state index contributed by atoms with van der Waals surface area (Å²) in [6.07, 6.45) is 1.11. The first-order chi connectivity index (χ1) is 9.78. The van der Waals surface area contributed by atoms with E-state index < -0.39 is 0 Å². The predicted octanol–water partition coefficient (Wildman–Crippen LogP) is 3.60. The Labute approximate surface area is 122 Å². The predicted molar refractivity (Wildman–Crippen MR) is 82.0 cm³/mol. The number of nitrogens with zero attached hydrogens (tertiary/aromatic N) is 4. The second-order valence-electron chi connectivity index (χ2n) is 4.69. The molecule has 0 aliphatic rings. The normalized spacial score (nSPS) is 11.1. The van der Waals surface area contributed by atoms with Crippen molar-refractivity contribution in [1.29, 1.82) is 0 Å². The molecular weight excluding hydrogens is 268 g/mol. The van der Waals surface area contributed by atoms with Gasteiger partial charge in [-0.1, -0.05) is 48.5 Å². The molecule has 1 aromatic carbocycles. The van der Waals surface area contributed by atoms with Gasteiger partial charge in [0.2, 0.25) is 5.16 Å². The van der Waals surface area contributed by atoms with Gasteiger partial charge in [-0.2, -0.15) is 9.61 Å². The van der Waals surface area contributed by atoms with E-state index in [2.05, 4.69) is 53.4 Å². The largest absolute Gasteiger partial charge is 0.212 e. The number of aryl methyl sites for hydroxylation is 1. The Morgan fingerprint density at radius 1 is 1.05 bits per heavy atom. The van der Waals surface area contributed by atoms with E-state index in [1.54, 1.807) is 11.8 Å². The van der Waals surface area contributed by atoms with Crippen LogP contribution in [0.1, 0.15) is 18.9 Å².